The van der Waals surface area contributed by atoms with Crippen molar-refractivity contribution in [2.45, 2.75) is 12.3 Å². The summed E-state index contributed by atoms with van der Waals surface area (Å²) in [6, 6.07) is 24.9. The average Bonchev–Trinajstić information content (AvgIpc) is 3.30. The van der Waals surface area contributed by atoms with Gasteiger partial charge in [0.05, 0.1) is 21.9 Å². The van der Waals surface area contributed by atoms with Crippen molar-refractivity contribution < 1.29 is 14.5 Å². The third kappa shape index (κ3) is 2.08. The Balaban J connectivity index is 1.62. The predicted octanol–water partition coefficient (Wildman–Crippen LogP) is 4.09. The molecule has 2 amide bonds. The van der Waals surface area contributed by atoms with E-state index in [1.807, 2.05) is 67.6 Å². The lowest BCUT2D eigenvalue weighted by atomic mass is 9.79. The Morgan fingerprint density at radius 1 is 0.833 bits per heavy atom. The number of non-ortho nitro benzene ring substituents is 1. The second kappa shape index (κ2) is 6.10. The fraction of sp³-hybridized carbons (Fsp3) is 0.167. The Bertz CT molecular complexity index is 1140. The molecule has 1 saturated heterocycles. The molecule has 6 nitrogen and oxygen atoms in total. The van der Waals surface area contributed by atoms with E-state index in [4.69, 9.17) is 0 Å². The van der Waals surface area contributed by atoms with Gasteiger partial charge < -0.3 is 0 Å². The molecule has 2 atom stereocenters. The average molecular weight is 398 g/mol. The lowest BCUT2D eigenvalue weighted by Crippen LogP contribution is -2.42. The highest BCUT2D eigenvalue weighted by molar-refractivity contribution is 6.29. The van der Waals surface area contributed by atoms with E-state index in [1.165, 1.54) is 29.2 Å². The van der Waals surface area contributed by atoms with Crippen molar-refractivity contribution in [3.8, 4) is 0 Å². The Hall–Kier alpha value is -3.80. The van der Waals surface area contributed by atoms with Crippen LogP contribution in [0, 0.1) is 21.4 Å². The van der Waals surface area contributed by atoms with E-state index < -0.39 is 21.7 Å². The van der Waals surface area contributed by atoms with E-state index in [-0.39, 0.29) is 17.5 Å². The number of amides is 2. The SMILES string of the molecule is C[C@@]12C(=O)N(c3ccc([N+](=O)[O-])cc3)C(=O)[C@@H]1C2(c1ccccc1)c1ccccc1. The molecule has 148 valence electrons. The maximum Gasteiger partial charge on any atom is 0.269 e. The molecule has 6 heteroatoms. The van der Waals surface area contributed by atoms with E-state index in [9.17, 15) is 19.7 Å². The molecular weight excluding hydrogens is 380 g/mol. The van der Waals surface area contributed by atoms with Crippen LogP contribution in [-0.4, -0.2) is 16.7 Å². The minimum atomic E-state index is -0.922. The van der Waals surface area contributed by atoms with Gasteiger partial charge in [0.1, 0.15) is 0 Å². The van der Waals surface area contributed by atoms with Crippen molar-refractivity contribution in [1.82, 2.24) is 0 Å². The van der Waals surface area contributed by atoms with Crippen LogP contribution in [-0.2, 0) is 15.0 Å². The summed E-state index contributed by atoms with van der Waals surface area (Å²) < 4.78 is 0. The van der Waals surface area contributed by atoms with E-state index in [0.29, 0.717) is 5.69 Å². The first-order valence-corrected chi connectivity index (χ1v) is 9.68. The van der Waals surface area contributed by atoms with Gasteiger partial charge >= 0.3 is 0 Å². The molecule has 1 aliphatic carbocycles. The minimum absolute atomic E-state index is 0.0860. The minimum Gasteiger partial charge on any atom is -0.274 e. The number of benzene rings is 3. The first-order valence-electron chi connectivity index (χ1n) is 9.68. The fourth-order valence-electron chi connectivity index (χ4n) is 5.27. The van der Waals surface area contributed by atoms with E-state index in [0.717, 1.165) is 11.1 Å². The second-order valence-electron chi connectivity index (χ2n) is 7.93. The van der Waals surface area contributed by atoms with Crippen LogP contribution in [0.4, 0.5) is 11.4 Å². The van der Waals surface area contributed by atoms with Crippen LogP contribution in [0.25, 0.3) is 0 Å². The van der Waals surface area contributed by atoms with Crippen molar-refractivity contribution in [1.29, 1.82) is 0 Å². The van der Waals surface area contributed by atoms with Crippen LogP contribution in [0.1, 0.15) is 18.1 Å². The highest BCUT2D eigenvalue weighted by Gasteiger charge is 2.86. The molecule has 0 aromatic heterocycles. The molecule has 0 bridgehead atoms. The number of hydrogen-bond acceptors (Lipinski definition) is 4. The zero-order valence-corrected chi connectivity index (χ0v) is 16.2. The highest BCUT2D eigenvalue weighted by Crippen LogP contribution is 2.76. The third-order valence-corrected chi connectivity index (χ3v) is 6.64. The molecule has 2 aliphatic rings. The number of nitro benzene ring substituents is 1. The van der Waals surface area contributed by atoms with Gasteiger partial charge in [-0.15, -0.1) is 0 Å². The van der Waals surface area contributed by atoms with Gasteiger partial charge in [-0.05, 0) is 30.2 Å². The number of rotatable bonds is 4. The number of carbonyl (C=O) groups is 2. The number of piperidine rings is 1. The molecule has 5 rings (SSSR count). The van der Waals surface area contributed by atoms with Crippen LogP contribution in [0.5, 0.6) is 0 Å². The molecule has 0 spiro atoms. The zero-order valence-electron chi connectivity index (χ0n) is 16.2. The Morgan fingerprint density at radius 2 is 1.33 bits per heavy atom. The largest absolute Gasteiger partial charge is 0.274 e. The summed E-state index contributed by atoms with van der Waals surface area (Å²) in [4.78, 5) is 38.7. The smallest absolute Gasteiger partial charge is 0.269 e. The highest BCUT2D eigenvalue weighted by atomic mass is 16.6. The number of carbonyl (C=O) groups excluding carboxylic acids is 2. The lowest BCUT2D eigenvalue weighted by Gasteiger charge is -2.29. The fourth-order valence-corrected chi connectivity index (χ4v) is 5.27. The monoisotopic (exact) mass is 398 g/mol. The van der Waals surface area contributed by atoms with E-state index in [2.05, 4.69) is 0 Å². The molecule has 0 radical (unpaired) electrons. The van der Waals surface area contributed by atoms with Crippen LogP contribution >= 0.6 is 0 Å². The number of hydrogen-bond donors (Lipinski definition) is 0. The quantitative estimate of drug-likeness (QED) is 0.377. The van der Waals surface area contributed by atoms with Gasteiger partial charge in [0.15, 0.2) is 0 Å². The van der Waals surface area contributed by atoms with Gasteiger partial charge in [-0.1, -0.05) is 60.7 Å². The number of fused-ring (bicyclic) bond motifs is 1. The van der Waals surface area contributed by atoms with Crippen molar-refractivity contribution in [3.63, 3.8) is 0 Å². The summed E-state index contributed by atoms with van der Waals surface area (Å²) in [5.41, 5.74) is 0.508. The second-order valence-corrected chi connectivity index (χ2v) is 7.93. The molecule has 2 fully saturated rings. The van der Waals surface area contributed by atoms with E-state index in [1.54, 1.807) is 0 Å². The van der Waals surface area contributed by atoms with Crippen LogP contribution in [0.2, 0.25) is 0 Å². The summed E-state index contributed by atoms with van der Waals surface area (Å²) in [7, 11) is 0. The normalized spacial score (nSPS) is 23.9. The Morgan fingerprint density at radius 3 is 1.73 bits per heavy atom. The van der Waals surface area contributed by atoms with Crippen molar-refractivity contribution in [2.75, 3.05) is 4.90 Å². The third-order valence-electron chi connectivity index (χ3n) is 6.64. The number of nitro groups is 1. The number of nitrogens with zero attached hydrogens (tertiary/aromatic N) is 2. The van der Waals surface area contributed by atoms with Crippen molar-refractivity contribution >= 4 is 23.2 Å². The van der Waals surface area contributed by atoms with Gasteiger partial charge in [-0.25, -0.2) is 4.90 Å². The molecule has 30 heavy (non-hydrogen) atoms. The topological polar surface area (TPSA) is 80.5 Å². The van der Waals surface area contributed by atoms with Gasteiger partial charge in [0, 0.05) is 17.5 Å². The van der Waals surface area contributed by atoms with Crippen molar-refractivity contribution in [3.05, 3.63) is 106 Å². The lowest BCUT2D eigenvalue weighted by molar-refractivity contribution is -0.384. The number of anilines is 1. The van der Waals surface area contributed by atoms with Gasteiger partial charge in [0.2, 0.25) is 11.8 Å². The van der Waals surface area contributed by atoms with Crippen LogP contribution < -0.4 is 4.90 Å². The summed E-state index contributed by atoms with van der Waals surface area (Å²) >= 11 is 0. The summed E-state index contributed by atoms with van der Waals surface area (Å²) in [6.45, 7) is 1.85. The molecular formula is C24H18N2O4. The van der Waals surface area contributed by atoms with Gasteiger partial charge in [0.25, 0.3) is 5.69 Å². The molecule has 0 N–H and O–H groups in total. The van der Waals surface area contributed by atoms with Crippen LogP contribution in [0.15, 0.2) is 84.9 Å². The zero-order chi connectivity index (χ0) is 21.1. The first-order chi connectivity index (χ1) is 14.4. The Kier molecular flexibility index (Phi) is 3.71. The molecule has 1 heterocycles. The summed E-state index contributed by atoms with van der Waals surface area (Å²) in [6.07, 6.45) is 0. The molecule has 1 aliphatic heterocycles. The molecule has 0 unspecified atom stereocenters. The summed E-state index contributed by atoms with van der Waals surface area (Å²) in [5.74, 6) is -1.08. The maximum atomic E-state index is 13.6. The molecule has 3 aromatic carbocycles. The van der Waals surface area contributed by atoms with Gasteiger partial charge in [-0.2, -0.15) is 0 Å². The standard InChI is InChI=1S/C24H18N2O4/c1-23-20(21(27)25(22(23)28)18-12-14-19(15-13-18)26(29)30)24(23,16-8-4-2-5-9-16)17-10-6-3-7-11-17/h2-15,20H,1H3/t20-,23-/m0/s1. The van der Waals surface area contributed by atoms with E-state index >= 15 is 0 Å². The summed E-state index contributed by atoms with van der Waals surface area (Å²) in [5, 5.41) is 10.9. The maximum absolute atomic E-state index is 13.6. The first kappa shape index (κ1) is 18.2. The Labute approximate surface area is 172 Å². The molecule has 3 aromatic rings. The van der Waals surface area contributed by atoms with Crippen molar-refractivity contribution in [2.24, 2.45) is 11.3 Å². The predicted molar refractivity (Wildman–Crippen MR) is 111 cm³/mol. The number of imide groups is 1. The van der Waals surface area contributed by atoms with Crippen LogP contribution in [0.3, 0.4) is 0 Å². The van der Waals surface area contributed by atoms with Gasteiger partial charge in [-0.3, -0.25) is 19.7 Å². The molecule has 1 saturated carbocycles.